The lowest BCUT2D eigenvalue weighted by molar-refractivity contribution is 0.408. The van der Waals surface area contributed by atoms with E-state index in [2.05, 4.69) is 65.1 Å². The van der Waals surface area contributed by atoms with E-state index >= 15 is 0 Å². The predicted molar refractivity (Wildman–Crippen MR) is 136 cm³/mol. The fraction of sp³-hybridized carbons (Fsp3) is 0.733. The summed E-state index contributed by atoms with van der Waals surface area (Å²) in [6.45, 7) is 15.6. The molecule has 6 aliphatic rings. The molecule has 0 bridgehead atoms. The van der Waals surface area contributed by atoms with Crippen LogP contribution in [0.25, 0.3) is 0 Å². The molecule has 4 fully saturated rings. The molecule has 0 aromatic heterocycles. The Bertz CT molecular complexity index is 817. The van der Waals surface area contributed by atoms with Crippen molar-refractivity contribution in [3.05, 3.63) is 46.6 Å². The third-order valence-corrected chi connectivity index (χ3v) is 16.2. The summed E-state index contributed by atoms with van der Waals surface area (Å²) in [6.07, 6.45) is 19.1. The van der Waals surface area contributed by atoms with Gasteiger partial charge in [-0.15, -0.1) is 0 Å². The van der Waals surface area contributed by atoms with Crippen LogP contribution in [0.1, 0.15) is 66.2 Å². The van der Waals surface area contributed by atoms with Gasteiger partial charge in [-0.05, 0) is 125 Å². The quantitative estimate of drug-likeness (QED) is 0.390. The summed E-state index contributed by atoms with van der Waals surface area (Å²) < 4.78 is 0. The first kappa shape index (κ1) is 20.8. The van der Waals surface area contributed by atoms with Gasteiger partial charge in [0.1, 0.15) is 0 Å². The van der Waals surface area contributed by atoms with Gasteiger partial charge in [0.2, 0.25) is 0 Å². The van der Waals surface area contributed by atoms with Gasteiger partial charge in [-0.3, -0.25) is 0 Å². The molecule has 0 saturated heterocycles. The van der Waals surface area contributed by atoms with Gasteiger partial charge in [0.25, 0.3) is 0 Å². The molecule has 8 atom stereocenters. The molecule has 0 aliphatic heterocycles. The van der Waals surface area contributed by atoms with Crippen molar-refractivity contribution >= 4 is 8.07 Å². The van der Waals surface area contributed by atoms with E-state index in [0.29, 0.717) is 0 Å². The van der Waals surface area contributed by atoms with Crippen molar-refractivity contribution < 1.29 is 0 Å². The Labute approximate surface area is 192 Å². The van der Waals surface area contributed by atoms with E-state index in [0.717, 1.165) is 58.4 Å². The van der Waals surface area contributed by atoms with Gasteiger partial charge in [-0.2, -0.15) is 0 Å². The zero-order chi connectivity index (χ0) is 21.7. The van der Waals surface area contributed by atoms with E-state index in [9.17, 15) is 0 Å². The normalized spacial score (nSPS) is 44.8. The van der Waals surface area contributed by atoms with Crippen LogP contribution in [-0.2, 0) is 0 Å². The molecule has 31 heavy (non-hydrogen) atoms. The molecule has 0 amide bonds. The number of rotatable bonds is 4. The zero-order valence-corrected chi connectivity index (χ0v) is 21.8. The summed E-state index contributed by atoms with van der Waals surface area (Å²) in [6, 6.07) is 0. The van der Waals surface area contributed by atoms with E-state index in [1.54, 1.807) is 22.3 Å². The third kappa shape index (κ3) is 3.11. The van der Waals surface area contributed by atoms with Crippen molar-refractivity contribution in [3.8, 4) is 0 Å². The fourth-order valence-corrected chi connectivity index (χ4v) is 15.9. The Morgan fingerprint density at radius 2 is 0.935 bits per heavy atom. The Morgan fingerprint density at radius 1 is 0.581 bits per heavy atom. The zero-order valence-electron chi connectivity index (χ0n) is 20.8. The molecule has 168 valence electrons. The second-order valence-electron chi connectivity index (χ2n) is 13.3. The number of hydrogen-bond acceptors (Lipinski definition) is 0. The first-order valence-corrected chi connectivity index (χ1v) is 16.6. The number of fused-ring (bicyclic) bond motifs is 2. The van der Waals surface area contributed by atoms with Gasteiger partial charge < -0.3 is 0 Å². The molecule has 8 unspecified atom stereocenters. The van der Waals surface area contributed by atoms with E-state index in [1.807, 2.05) is 0 Å². The summed E-state index contributed by atoms with van der Waals surface area (Å²) in [4.78, 5) is 0. The van der Waals surface area contributed by atoms with E-state index in [-0.39, 0.29) is 0 Å². The molecule has 0 aromatic carbocycles. The van der Waals surface area contributed by atoms with E-state index < -0.39 is 8.07 Å². The minimum Gasteiger partial charge on any atom is -0.0696 e. The standard InChI is InChI=1S/C30H44Si/c1-17-7-9-19(3)27-23(17)15-25(21-11-12-21)29(27)31(5,6)30-26(22-13-14-22)16-24-18(2)8-10-20(4)28(24)30/h7-10,21-30H,11-16H2,1-6H3. The van der Waals surface area contributed by atoms with Crippen molar-refractivity contribution in [1.29, 1.82) is 0 Å². The summed E-state index contributed by atoms with van der Waals surface area (Å²) in [5.74, 6) is 7.59. The maximum absolute atomic E-state index is 2.89. The predicted octanol–water partition coefficient (Wildman–Crippen LogP) is 8.57. The SMILES string of the molecule is CC1=CC=C(C)C2C1CC(C1CC1)C2[Si](C)(C)C1C(C2CC2)CC2C(C)=CC=C(C)C21. The lowest BCUT2D eigenvalue weighted by atomic mass is 9.80. The second-order valence-corrected chi connectivity index (χ2v) is 18.2. The molecule has 4 saturated carbocycles. The van der Waals surface area contributed by atoms with Crippen LogP contribution in [0.15, 0.2) is 46.6 Å². The molecule has 0 aromatic rings. The molecule has 0 spiro atoms. The largest absolute Gasteiger partial charge is 0.0696 e. The molecular formula is C30H44Si. The monoisotopic (exact) mass is 432 g/mol. The van der Waals surface area contributed by atoms with Crippen molar-refractivity contribution in [2.24, 2.45) is 47.3 Å². The summed E-state index contributed by atoms with van der Waals surface area (Å²) >= 11 is 0. The van der Waals surface area contributed by atoms with Crippen LogP contribution in [-0.4, -0.2) is 8.07 Å². The van der Waals surface area contributed by atoms with Crippen LogP contribution in [0.5, 0.6) is 0 Å². The van der Waals surface area contributed by atoms with Crippen LogP contribution in [0, 0.1) is 47.3 Å². The van der Waals surface area contributed by atoms with Gasteiger partial charge in [-0.1, -0.05) is 59.7 Å². The van der Waals surface area contributed by atoms with E-state index in [1.165, 1.54) is 38.5 Å². The molecule has 0 N–H and O–H groups in total. The van der Waals surface area contributed by atoms with Crippen molar-refractivity contribution in [2.45, 2.75) is 90.4 Å². The Morgan fingerprint density at radius 3 is 1.29 bits per heavy atom. The minimum atomic E-state index is -1.50. The van der Waals surface area contributed by atoms with Crippen LogP contribution in [0.3, 0.4) is 0 Å². The number of allylic oxidation sites excluding steroid dienone is 8. The molecule has 6 aliphatic carbocycles. The lowest BCUT2D eigenvalue weighted by Gasteiger charge is -2.48. The minimum absolute atomic E-state index is 0.855. The first-order valence-electron chi connectivity index (χ1n) is 13.5. The average molecular weight is 433 g/mol. The third-order valence-electron chi connectivity index (χ3n) is 11.2. The van der Waals surface area contributed by atoms with Crippen LogP contribution in [0.2, 0.25) is 24.2 Å². The fourth-order valence-electron chi connectivity index (χ4n) is 9.61. The molecule has 0 heterocycles. The second kappa shape index (κ2) is 7.09. The smallest absolute Gasteiger partial charge is 0.0553 e. The van der Waals surface area contributed by atoms with Crippen LogP contribution in [0.4, 0.5) is 0 Å². The maximum atomic E-state index is 2.89. The Kier molecular flexibility index (Phi) is 4.75. The molecule has 6 rings (SSSR count). The molecule has 0 nitrogen and oxygen atoms in total. The highest BCUT2D eigenvalue weighted by Gasteiger charge is 2.63. The van der Waals surface area contributed by atoms with E-state index in [4.69, 9.17) is 0 Å². The highest BCUT2D eigenvalue weighted by Crippen LogP contribution is 2.70. The highest BCUT2D eigenvalue weighted by atomic mass is 28.3. The lowest BCUT2D eigenvalue weighted by Crippen LogP contribution is -2.48. The van der Waals surface area contributed by atoms with Gasteiger partial charge in [0.05, 0.1) is 8.07 Å². The summed E-state index contributed by atoms with van der Waals surface area (Å²) in [7, 11) is -1.50. The molecule has 1 heteroatoms. The van der Waals surface area contributed by atoms with Gasteiger partial charge in [-0.25, -0.2) is 0 Å². The highest BCUT2D eigenvalue weighted by molar-refractivity contribution is 6.80. The van der Waals surface area contributed by atoms with Crippen LogP contribution >= 0.6 is 0 Å². The van der Waals surface area contributed by atoms with Crippen molar-refractivity contribution in [1.82, 2.24) is 0 Å². The van der Waals surface area contributed by atoms with Gasteiger partial charge in [0.15, 0.2) is 0 Å². The van der Waals surface area contributed by atoms with Gasteiger partial charge >= 0.3 is 0 Å². The first-order chi connectivity index (χ1) is 14.8. The summed E-state index contributed by atoms with van der Waals surface area (Å²) in [5, 5.41) is 0. The van der Waals surface area contributed by atoms with Gasteiger partial charge in [0, 0.05) is 0 Å². The topological polar surface area (TPSA) is 0 Å². The molecule has 0 radical (unpaired) electrons. The van der Waals surface area contributed by atoms with Crippen molar-refractivity contribution in [2.75, 3.05) is 0 Å². The maximum Gasteiger partial charge on any atom is 0.0553 e. The Hall–Kier alpha value is -0.823. The Balaban J connectivity index is 1.43. The van der Waals surface area contributed by atoms with Crippen molar-refractivity contribution in [3.63, 3.8) is 0 Å². The molecular weight excluding hydrogens is 388 g/mol. The number of hydrogen-bond donors (Lipinski definition) is 0. The summed E-state index contributed by atoms with van der Waals surface area (Å²) in [5.41, 5.74) is 8.87. The average Bonchev–Trinajstić information content (AvgIpc) is 3.66. The van der Waals surface area contributed by atoms with Crippen LogP contribution < -0.4 is 0 Å².